The lowest BCUT2D eigenvalue weighted by Gasteiger charge is -2.04. The second kappa shape index (κ2) is 4.02. The van der Waals surface area contributed by atoms with E-state index in [1.165, 1.54) is 0 Å². The third-order valence-corrected chi connectivity index (χ3v) is 1.53. The van der Waals surface area contributed by atoms with Crippen LogP contribution in [-0.2, 0) is 13.0 Å². The molecule has 1 rings (SSSR count). The van der Waals surface area contributed by atoms with Crippen LogP contribution in [0.3, 0.4) is 0 Å². The van der Waals surface area contributed by atoms with E-state index < -0.39 is 0 Å². The molecule has 5 heteroatoms. The van der Waals surface area contributed by atoms with E-state index in [4.69, 9.17) is 5.11 Å². The molecule has 72 valence electrons. The molecule has 0 bridgehead atoms. The molecule has 0 aliphatic rings. The van der Waals surface area contributed by atoms with Gasteiger partial charge in [0.25, 0.3) is 0 Å². The van der Waals surface area contributed by atoms with Crippen LogP contribution in [0, 0.1) is 5.92 Å². The number of allylic oxidation sites excluding steroid dienone is 1. The predicted octanol–water partition coefficient (Wildman–Crippen LogP) is 0.943. The molecule has 0 radical (unpaired) electrons. The highest BCUT2D eigenvalue weighted by Crippen LogP contribution is 2.04. The first kappa shape index (κ1) is 9.70. The summed E-state index contributed by atoms with van der Waals surface area (Å²) in [6, 6.07) is 0. The van der Waals surface area contributed by atoms with Crippen molar-refractivity contribution in [1.82, 2.24) is 20.2 Å². The summed E-state index contributed by atoms with van der Waals surface area (Å²) in [5.41, 5.74) is 0. The molecule has 13 heavy (non-hydrogen) atoms. The summed E-state index contributed by atoms with van der Waals surface area (Å²) >= 11 is 0. The van der Waals surface area contributed by atoms with Crippen molar-refractivity contribution in [2.45, 2.75) is 26.8 Å². The van der Waals surface area contributed by atoms with Gasteiger partial charge < -0.3 is 5.11 Å². The molecule has 1 aromatic heterocycles. The molecule has 0 fully saturated rings. The van der Waals surface area contributed by atoms with Gasteiger partial charge in [-0.2, -0.15) is 0 Å². The molecular weight excluding hydrogens is 168 g/mol. The predicted molar refractivity (Wildman–Crippen MR) is 48.1 cm³/mol. The smallest absolute Gasteiger partial charge is 0.152 e. The number of hydrogen-bond donors (Lipinski definition) is 1. The van der Waals surface area contributed by atoms with E-state index in [1.807, 2.05) is 0 Å². The maximum absolute atomic E-state index is 8.97. The van der Waals surface area contributed by atoms with E-state index in [0.717, 1.165) is 12.2 Å². The Morgan fingerprint density at radius 3 is 2.85 bits per heavy atom. The van der Waals surface area contributed by atoms with E-state index >= 15 is 0 Å². The molecule has 5 nitrogen and oxygen atoms in total. The third-order valence-electron chi connectivity index (χ3n) is 1.53. The summed E-state index contributed by atoms with van der Waals surface area (Å²) in [4.78, 5) is 0. The van der Waals surface area contributed by atoms with E-state index in [0.29, 0.717) is 5.92 Å². The second-order valence-electron chi connectivity index (χ2n) is 3.42. The molecule has 1 N–H and O–H groups in total. The zero-order chi connectivity index (χ0) is 9.84. The molecule has 0 saturated carbocycles. The minimum absolute atomic E-state index is 0.0670. The molecule has 0 aliphatic heterocycles. The Bertz CT molecular complexity index is 292. The van der Waals surface area contributed by atoms with Gasteiger partial charge in [0, 0.05) is 6.42 Å². The number of nitrogens with zero attached hydrogens (tertiary/aromatic N) is 4. The number of rotatable bonds is 4. The highest BCUT2D eigenvalue weighted by Gasteiger charge is 2.08. The highest BCUT2D eigenvalue weighted by atomic mass is 16.3. The fraction of sp³-hybridized carbons (Fsp3) is 0.625. The first-order chi connectivity index (χ1) is 6.09. The van der Waals surface area contributed by atoms with E-state index in [2.05, 4.69) is 36.0 Å². The number of aliphatic hydroxyl groups is 1. The van der Waals surface area contributed by atoms with Crippen LogP contribution in [-0.4, -0.2) is 25.3 Å². The summed E-state index contributed by atoms with van der Waals surface area (Å²) in [5.74, 6) is 1.35. The third kappa shape index (κ3) is 2.85. The van der Waals surface area contributed by atoms with Gasteiger partial charge in [0.1, 0.15) is 12.3 Å². The first-order valence-corrected chi connectivity index (χ1v) is 4.21. The Morgan fingerprint density at radius 2 is 2.31 bits per heavy atom. The van der Waals surface area contributed by atoms with Crippen molar-refractivity contribution in [3.05, 3.63) is 18.2 Å². The van der Waals surface area contributed by atoms with Gasteiger partial charge in [-0.3, -0.25) is 0 Å². The van der Waals surface area contributed by atoms with Crippen LogP contribution in [0.1, 0.15) is 19.7 Å². The Hall–Kier alpha value is -1.39. The molecule has 0 aromatic carbocycles. The van der Waals surface area contributed by atoms with Crippen molar-refractivity contribution in [3.63, 3.8) is 0 Å². The van der Waals surface area contributed by atoms with Crippen molar-refractivity contribution >= 4 is 0 Å². The van der Waals surface area contributed by atoms with Crippen LogP contribution in [0.5, 0.6) is 0 Å². The topological polar surface area (TPSA) is 63.8 Å². The lowest BCUT2D eigenvalue weighted by Crippen LogP contribution is -2.09. The molecule has 1 heterocycles. The van der Waals surface area contributed by atoms with Gasteiger partial charge in [0.05, 0.1) is 0 Å². The number of aliphatic hydroxyl groups excluding tert-OH is 1. The SMILES string of the molecule is C=C(O)Cn1nnnc1CC(C)C. The second-order valence-corrected chi connectivity index (χ2v) is 3.42. The average molecular weight is 182 g/mol. The van der Waals surface area contributed by atoms with E-state index in [-0.39, 0.29) is 12.3 Å². The van der Waals surface area contributed by atoms with Crippen molar-refractivity contribution in [3.8, 4) is 0 Å². The molecule has 0 unspecified atom stereocenters. The molecular formula is C8H14N4O. The van der Waals surface area contributed by atoms with Crippen LogP contribution in [0.4, 0.5) is 0 Å². The van der Waals surface area contributed by atoms with Gasteiger partial charge in [0.2, 0.25) is 0 Å². The maximum atomic E-state index is 8.97. The van der Waals surface area contributed by atoms with Gasteiger partial charge in [-0.15, -0.1) is 5.10 Å². The molecule has 0 spiro atoms. The normalized spacial score (nSPS) is 10.7. The quantitative estimate of drug-likeness (QED) is 0.704. The van der Waals surface area contributed by atoms with Gasteiger partial charge in [-0.1, -0.05) is 20.4 Å². The van der Waals surface area contributed by atoms with E-state index in [9.17, 15) is 0 Å². The molecule has 1 aromatic rings. The number of hydrogen-bond acceptors (Lipinski definition) is 4. The van der Waals surface area contributed by atoms with Gasteiger partial charge >= 0.3 is 0 Å². The lowest BCUT2D eigenvalue weighted by molar-refractivity contribution is 0.363. The fourth-order valence-electron chi connectivity index (χ4n) is 1.03. The van der Waals surface area contributed by atoms with Crippen molar-refractivity contribution < 1.29 is 5.11 Å². The number of tetrazole rings is 1. The molecule has 0 aliphatic carbocycles. The average Bonchev–Trinajstić information content (AvgIpc) is 2.34. The molecule has 0 atom stereocenters. The minimum atomic E-state index is 0.0670. The standard InChI is InChI=1S/C8H14N4O/c1-6(2)4-8-9-10-11-12(8)5-7(3)13/h6,13H,3-5H2,1-2H3. The summed E-state index contributed by atoms with van der Waals surface area (Å²) in [6.07, 6.45) is 0.806. The van der Waals surface area contributed by atoms with Gasteiger partial charge in [0.15, 0.2) is 5.82 Å². The Morgan fingerprint density at radius 1 is 1.62 bits per heavy atom. The van der Waals surface area contributed by atoms with E-state index in [1.54, 1.807) is 4.68 Å². The summed E-state index contributed by atoms with van der Waals surface area (Å²) in [5, 5.41) is 20.1. The molecule has 0 saturated heterocycles. The summed E-state index contributed by atoms with van der Waals surface area (Å²) in [6.45, 7) is 7.84. The largest absolute Gasteiger partial charge is 0.511 e. The Balaban J connectivity index is 2.71. The van der Waals surface area contributed by atoms with Crippen LogP contribution in [0.2, 0.25) is 0 Å². The van der Waals surface area contributed by atoms with Crippen LogP contribution in [0.25, 0.3) is 0 Å². The minimum Gasteiger partial charge on any atom is -0.511 e. The van der Waals surface area contributed by atoms with Gasteiger partial charge in [-0.05, 0) is 16.3 Å². The van der Waals surface area contributed by atoms with Crippen molar-refractivity contribution in [1.29, 1.82) is 0 Å². The zero-order valence-corrected chi connectivity index (χ0v) is 7.93. The summed E-state index contributed by atoms with van der Waals surface area (Å²) < 4.78 is 1.56. The Kier molecular flexibility index (Phi) is 3.00. The highest BCUT2D eigenvalue weighted by molar-refractivity contribution is 4.87. The van der Waals surface area contributed by atoms with Crippen molar-refractivity contribution in [2.24, 2.45) is 5.92 Å². The van der Waals surface area contributed by atoms with Gasteiger partial charge in [-0.25, -0.2) is 4.68 Å². The van der Waals surface area contributed by atoms with Crippen LogP contribution >= 0.6 is 0 Å². The van der Waals surface area contributed by atoms with Crippen LogP contribution < -0.4 is 0 Å². The van der Waals surface area contributed by atoms with Crippen molar-refractivity contribution in [2.75, 3.05) is 0 Å². The monoisotopic (exact) mass is 182 g/mol. The summed E-state index contributed by atoms with van der Waals surface area (Å²) in [7, 11) is 0. The number of aromatic nitrogens is 4. The first-order valence-electron chi connectivity index (χ1n) is 4.21. The maximum Gasteiger partial charge on any atom is 0.152 e. The lowest BCUT2D eigenvalue weighted by atomic mass is 10.1. The van der Waals surface area contributed by atoms with Crippen LogP contribution in [0.15, 0.2) is 12.3 Å². The molecule has 0 amide bonds. The fourth-order valence-corrected chi connectivity index (χ4v) is 1.03. The zero-order valence-electron chi connectivity index (χ0n) is 7.93. The Labute approximate surface area is 77.1 Å².